The van der Waals surface area contributed by atoms with E-state index in [2.05, 4.69) is 20.6 Å². The number of methoxy groups -OCH3 is 1. The average Bonchev–Trinajstić information content (AvgIpc) is 3.34. The van der Waals surface area contributed by atoms with Crippen molar-refractivity contribution in [1.82, 2.24) is 30.0 Å². The van der Waals surface area contributed by atoms with Gasteiger partial charge in [0.2, 0.25) is 0 Å². The average molecular weight is 434 g/mol. The monoisotopic (exact) mass is 434 g/mol. The van der Waals surface area contributed by atoms with E-state index in [0.29, 0.717) is 46.7 Å². The Kier molecular flexibility index (Phi) is 4.78. The summed E-state index contributed by atoms with van der Waals surface area (Å²) in [4.78, 5) is 26.6. The molecule has 2 amide bonds. The van der Waals surface area contributed by atoms with Gasteiger partial charge >= 0.3 is 0 Å². The van der Waals surface area contributed by atoms with E-state index < -0.39 is 0 Å². The van der Waals surface area contributed by atoms with Gasteiger partial charge in [-0.15, -0.1) is 0 Å². The number of benzene rings is 1. The number of amides is 2. The first-order chi connectivity index (χ1) is 15.5. The van der Waals surface area contributed by atoms with Gasteiger partial charge in [-0.05, 0) is 24.6 Å². The summed E-state index contributed by atoms with van der Waals surface area (Å²) in [5.74, 6) is 0.825. The molecule has 1 aliphatic heterocycles. The lowest BCUT2D eigenvalue weighted by atomic mass is 10.1. The van der Waals surface area contributed by atoms with Crippen molar-refractivity contribution < 1.29 is 19.1 Å². The highest BCUT2D eigenvalue weighted by Crippen LogP contribution is 2.32. The molecule has 1 aliphatic rings. The maximum atomic E-state index is 12.9. The molecule has 2 N–H and O–H groups in total. The fourth-order valence-corrected chi connectivity index (χ4v) is 3.93. The number of carbonyl (C=O) groups excluding carboxylic acids is 2. The molecule has 0 bridgehead atoms. The van der Waals surface area contributed by atoms with Crippen molar-refractivity contribution in [3.05, 3.63) is 53.5 Å². The third-order valence-electron chi connectivity index (χ3n) is 5.79. The van der Waals surface area contributed by atoms with Crippen molar-refractivity contribution in [2.24, 2.45) is 0 Å². The number of fused-ring (bicyclic) bond motifs is 2. The van der Waals surface area contributed by atoms with Crippen molar-refractivity contribution in [2.45, 2.75) is 13.0 Å². The van der Waals surface area contributed by atoms with Crippen LogP contribution in [0.15, 0.2) is 36.7 Å². The van der Waals surface area contributed by atoms with Crippen LogP contribution in [0, 0.1) is 6.92 Å². The maximum absolute atomic E-state index is 12.9. The highest BCUT2D eigenvalue weighted by atomic mass is 16.5. The van der Waals surface area contributed by atoms with Gasteiger partial charge in [0.15, 0.2) is 11.4 Å². The Bertz CT molecular complexity index is 1350. The zero-order valence-corrected chi connectivity index (χ0v) is 17.9. The lowest BCUT2D eigenvalue weighted by Crippen LogP contribution is -2.54. The number of aromatic amines is 1. The van der Waals surface area contributed by atoms with E-state index in [1.54, 1.807) is 60.2 Å². The number of aromatic nitrogens is 4. The molecule has 3 aromatic heterocycles. The SMILES string of the molecule is CNC(=O)c1n[nH]c2cc(Oc3ccnn4cc(C(=O)N5CC(OC)C5)c(C)c34)ccc12. The van der Waals surface area contributed by atoms with Crippen LogP contribution < -0.4 is 10.1 Å². The number of hydrogen-bond acceptors (Lipinski definition) is 6. The maximum Gasteiger partial charge on any atom is 0.272 e. The second-order valence-electron chi connectivity index (χ2n) is 7.69. The van der Waals surface area contributed by atoms with E-state index in [0.717, 1.165) is 11.1 Å². The standard InChI is InChI=1S/C22H22N6O4/c1-12-16(22(30)27-9-14(10-27)31-3)11-28-20(12)18(6-7-24-28)32-13-4-5-15-17(8-13)25-26-19(15)21(29)23-2/h4-8,11,14H,9-10H2,1-3H3,(H,23,29)(H,25,26). The summed E-state index contributed by atoms with van der Waals surface area (Å²) in [7, 11) is 3.21. The Morgan fingerprint density at radius 1 is 1.25 bits per heavy atom. The molecule has 5 rings (SSSR count). The number of rotatable bonds is 5. The second kappa shape index (κ2) is 7.65. The highest BCUT2D eigenvalue weighted by Gasteiger charge is 2.33. The lowest BCUT2D eigenvalue weighted by molar-refractivity contribution is -0.0192. The molecular weight excluding hydrogens is 412 g/mol. The molecule has 1 saturated heterocycles. The highest BCUT2D eigenvalue weighted by molar-refractivity contribution is 6.04. The van der Waals surface area contributed by atoms with Gasteiger partial charge in [0.25, 0.3) is 11.8 Å². The smallest absolute Gasteiger partial charge is 0.272 e. The minimum absolute atomic E-state index is 0.0483. The van der Waals surface area contributed by atoms with Gasteiger partial charge in [0.05, 0.1) is 23.4 Å². The molecule has 1 fully saturated rings. The predicted molar refractivity (Wildman–Crippen MR) is 116 cm³/mol. The largest absolute Gasteiger partial charge is 0.455 e. The molecule has 10 heteroatoms. The molecular formula is C22H22N6O4. The minimum Gasteiger partial charge on any atom is -0.455 e. The Balaban J connectivity index is 1.46. The van der Waals surface area contributed by atoms with E-state index >= 15 is 0 Å². The number of ether oxygens (including phenoxy) is 2. The third kappa shape index (κ3) is 3.16. The van der Waals surface area contributed by atoms with E-state index in [-0.39, 0.29) is 17.9 Å². The van der Waals surface area contributed by atoms with Gasteiger partial charge in [-0.3, -0.25) is 14.7 Å². The van der Waals surface area contributed by atoms with Crippen LogP contribution in [0.4, 0.5) is 0 Å². The fraction of sp³-hybridized carbons (Fsp3) is 0.273. The minimum atomic E-state index is -0.263. The first-order valence-corrected chi connectivity index (χ1v) is 10.2. The summed E-state index contributed by atoms with van der Waals surface area (Å²) in [5.41, 5.74) is 3.11. The van der Waals surface area contributed by atoms with E-state index in [1.165, 1.54) is 0 Å². The number of nitrogens with zero attached hydrogens (tertiary/aromatic N) is 4. The fourth-order valence-electron chi connectivity index (χ4n) is 3.93. The summed E-state index contributed by atoms with van der Waals surface area (Å²) in [5, 5.41) is 14.6. The molecule has 4 heterocycles. The zero-order chi connectivity index (χ0) is 22.4. The van der Waals surface area contributed by atoms with E-state index in [1.807, 2.05) is 6.92 Å². The van der Waals surface area contributed by atoms with Gasteiger partial charge in [-0.1, -0.05) is 0 Å². The molecule has 0 spiro atoms. The normalized spacial score (nSPS) is 14.0. The Morgan fingerprint density at radius 2 is 2.06 bits per heavy atom. The number of H-pyrrole nitrogens is 1. The molecule has 10 nitrogen and oxygen atoms in total. The zero-order valence-electron chi connectivity index (χ0n) is 17.9. The lowest BCUT2D eigenvalue weighted by Gasteiger charge is -2.38. The Labute approximate surface area is 183 Å². The van der Waals surface area contributed by atoms with Crippen LogP contribution >= 0.6 is 0 Å². The van der Waals surface area contributed by atoms with Gasteiger partial charge in [-0.25, -0.2) is 4.52 Å². The molecule has 1 aromatic carbocycles. The summed E-state index contributed by atoms with van der Waals surface area (Å²) in [6.07, 6.45) is 3.45. The molecule has 0 unspecified atom stereocenters. The van der Waals surface area contributed by atoms with Crippen molar-refractivity contribution >= 4 is 28.2 Å². The third-order valence-corrected chi connectivity index (χ3v) is 5.79. The molecule has 32 heavy (non-hydrogen) atoms. The molecule has 0 saturated carbocycles. The number of likely N-dealkylation sites (tertiary alicyclic amines) is 1. The number of hydrogen-bond donors (Lipinski definition) is 2. The summed E-state index contributed by atoms with van der Waals surface area (Å²) < 4.78 is 13.1. The molecule has 0 radical (unpaired) electrons. The van der Waals surface area contributed by atoms with Crippen LogP contribution in [0.3, 0.4) is 0 Å². The topological polar surface area (TPSA) is 114 Å². The number of nitrogens with one attached hydrogen (secondary N) is 2. The van der Waals surface area contributed by atoms with Gasteiger partial charge in [0.1, 0.15) is 11.3 Å². The second-order valence-corrected chi connectivity index (χ2v) is 7.69. The van der Waals surface area contributed by atoms with Crippen LogP contribution in [-0.4, -0.2) is 69.9 Å². The molecule has 0 atom stereocenters. The van der Waals surface area contributed by atoms with Crippen LogP contribution in [-0.2, 0) is 4.74 Å². The molecule has 4 aromatic rings. The quantitative estimate of drug-likeness (QED) is 0.498. The Morgan fingerprint density at radius 3 is 2.81 bits per heavy atom. The predicted octanol–water partition coefficient (Wildman–Crippen LogP) is 2.14. The number of aryl methyl sites for hydroxylation is 1. The summed E-state index contributed by atoms with van der Waals surface area (Å²) >= 11 is 0. The van der Waals surface area contributed by atoms with Crippen molar-refractivity contribution in [3.63, 3.8) is 0 Å². The van der Waals surface area contributed by atoms with E-state index in [9.17, 15) is 9.59 Å². The van der Waals surface area contributed by atoms with Crippen LogP contribution in [0.25, 0.3) is 16.4 Å². The van der Waals surface area contributed by atoms with Gasteiger partial charge in [0, 0.05) is 51.0 Å². The van der Waals surface area contributed by atoms with Crippen LogP contribution in [0.2, 0.25) is 0 Å². The molecule has 0 aliphatic carbocycles. The first-order valence-electron chi connectivity index (χ1n) is 10.2. The number of carbonyl (C=O) groups is 2. The van der Waals surface area contributed by atoms with Crippen molar-refractivity contribution in [2.75, 3.05) is 27.2 Å². The summed E-state index contributed by atoms with van der Waals surface area (Å²) in [6.45, 7) is 3.05. The van der Waals surface area contributed by atoms with Crippen LogP contribution in [0.5, 0.6) is 11.5 Å². The van der Waals surface area contributed by atoms with Gasteiger partial charge < -0.3 is 19.7 Å². The van der Waals surface area contributed by atoms with Gasteiger partial charge in [-0.2, -0.15) is 10.2 Å². The summed E-state index contributed by atoms with van der Waals surface area (Å²) in [6, 6.07) is 7.10. The molecule has 164 valence electrons. The first kappa shape index (κ1) is 20.0. The van der Waals surface area contributed by atoms with E-state index in [4.69, 9.17) is 9.47 Å². The van der Waals surface area contributed by atoms with Crippen molar-refractivity contribution in [1.29, 1.82) is 0 Å². The van der Waals surface area contributed by atoms with Crippen molar-refractivity contribution in [3.8, 4) is 11.5 Å². The Hall–Kier alpha value is -3.92. The van der Waals surface area contributed by atoms with Crippen LogP contribution in [0.1, 0.15) is 26.4 Å².